The summed E-state index contributed by atoms with van der Waals surface area (Å²) in [5, 5.41) is 8.90. The molecule has 1 aromatic carbocycles. The normalized spacial score (nSPS) is 9.94. The van der Waals surface area contributed by atoms with E-state index in [1.807, 2.05) is 0 Å². The third-order valence-corrected chi connectivity index (χ3v) is 2.09. The lowest BCUT2D eigenvalue weighted by Crippen LogP contribution is -2.23. The van der Waals surface area contributed by atoms with Crippen LogP contribution in [0.2, 0.25) is 0 Å². The van der Waals surface area contributed by atoms with Crippen LogP contribution in [0.5, 0.6) is 5.75 Å². The van der Waals surface area contributed by atoms with Gasteiger partial charge in [-0.3, -0.25) is 4.79 Å². The number of aliphatic hydroxyl groups is 1. The highest BCUT2D eigenvalue weighted by atomic mass is 16.5. The second kappa shape index (κ2) is 6.12. The van der Waals surface area contributed by atoms with Gasteiger partial charge in [0, 0.05) is 14.1 Å². The maximum atomic E-state index is 11.3. The molecule has 0 heterocycles. The predicted molar refractivity (Wildman–Crippen MR) is 60.0 cm³/mol. The van der Waals surface area contributed by atoms with Crippen molar-refractivity contribution < 1.29 is 14.6 Å². The van der Waals surface area contributed by atoms with Crippen molar-refractivity contribution in [2.24, 2.45) is 0 Å². The molecule has 0 atom stereocenters. The van der Waals surface area contributed by atoms with Crippen LogP contribution in [0, 0.1) is 6.07 Å². The zero-order chi connectivity index (χ0) is 12.0. The number of ether oxygens (including phenoxy) is 1. The molecule has 0 aliphatic heterocycles. The van der Waals surface area contributed by atoms with Crippen LogP contribution in [-0.4, -0.2) is 36.6 Å². The van der Waals surface area contributed by atoms with Gasteiger partial charge in [0.25, 0.3) is 0 Å². The number of rotatable bonds is 5. The summed E-state index contributed by atoms with van der Waals surface area (Å²) in [5.74, 6) is 0.680. The van der Waals surface area contributed by atoms with Crippen molar-refractivity contribution in [1.82, 2.24) is 4.90 Å². The Morgan fingerprint density at radius 1 is 1.56 bits per heavy atom. The Kier molecular flexibility index (Phi) is 4.79. The molecule has 0 aliphatic rings. The van der Waals surface area contributed by atoms with E-state index in [0.717, 1.165) is 0 Å². The van der Waals surface area contributed by atoms with Gasteiger partial charge in [-0.1, -0.05) is 6.07 Å². The van der Waals surface area contributed by atoms with Gasteiger partial charge in [0.2, 0.25) is 5.91 Å². The molecule has 0 saturated carbocycles. The Morgan fingerprint density at radius 3 is 2.94 bits per heavy atom. The van der Waals surface area contributed by atoms with E-state index in [2.05, 4.69) is 6.07 Å². The Balaban J connectivity index is 2.40. The first kappa shape index (κ1) is 12.5. The van der Waals surface area contributed by atoms with E-state index in [1.165, 1.54) is 4.90 Å². The van der Waals surface area contributed by atoms with Crippen molar-refractivity contribution in [2.75, 3.05) is 20.7 Å². The van der Waals surface area contributed by atoms with Gasteiger partial charge < -0.3 is 14.7 Å². The standard InChI is InChI=1S/C12H16NO3/c1-13(2)12(15)6-7-16-11-5-3-4-10(8-11)9-14/h3,5,8,14H,6-7,9H2,1-2H3. The molecular formula is C12H16NO3. The molecule has 0 bridgehead atoms. The van der Waals surface area contributed by atoms with Crippen LogP contribution in [0.1, 0.15) is 12.0 Å². The number of hydrogen-bond acceptors (Lipinski definition) is 3. The molecule has 0 spiro atoms. The van der Waals surface area contributed by atoms with Crippen LogP contribution in [0.3, 0.4) is 0 Å². The van der Waals surface area contributed by atoms with E-state index in [4.69, 9.17) is 9.84 Å². The predicted octanol–water partition coefficient (Wildman–Crippen LogP) is 0.836. The highest BCUT2D eigenvalue weighted by Gasteiger charge is 2.04. The van der Waals surface area contributed by atoms with Gasteiger partial charge in [0.05, 0.1) is 19.6 Å². The molecule has 16 heavy (non-hydrogen) atoms. The van der Waals surface area contributed by atoms with Crippen LogP contribution >= 0.6 is 0 Å². The molecule has 1 rings (SSSR count). The Hall–Kier alpha value is -1.55. The van der Waals surface area contributed by atoms with Crippen molar-refractivity contribution in [3.8, 4) is 5.75 Å². The molecule has 1 amide bonds. The summed E-state index contributed by atoms with van der Waals surface area (Å²) in [7, 11) is 3.42. The summed E-state index contributed by atoms with van der Waals surface area (Å²) < 4.78 is 5.39. The fourth-order valence-corrected chi connectivity index (χ4v) is 1.15. The molecular weight excluding hydrogens is 206 g/mol. The second-order valence-corrected chi connectivity index (χ2v) is 3.59. The fraction of sp³-hybridized carbons (Fsp3) is 0.417. The number of nitrogens with zero attached hydrogens (tertiary/aromatic N) is 1. The van der Waals surface area contributed by atoms with Crippen LogP contribution in [-0.2, 0) is 11.4 Å². The third kappa shape index (κ3) is 3.90. The molecule has 0 fully saturated rings. The minimum absolute atomic E-state index is 0.0323. The van der Waals surface area contributed by atoms with Crippen LogP contribution in [0.25, 0.3) is 0 Å². The molecule has 0 unspecified atom stereocenters. The summed E-state index contributed by atoms with van der Waals surface area (Å²) in [6.07, 6.45) is 0.347. The minimum atomic E-state index is -0.0617. The van der Waals surface area contributed by atoms with Gasteiger partial charge in [0.1, 0.15) is 5.75 Å². The van der Waals surface area contributed by atoms with Gasteiger partial charge in [-0.15, -0.1) is 0 Å². The van der Waals surface area contributed by atoms with Crippen LogP contribution in [0.15, 0.2) is 18.2 Å². The number of aliphatic hydroxyl groups excluding tert-OH is 1. The zero-order valence-corrected chi connectivity index (χ0v) is 9.56. The fourth-order valence-electron chi connectivity index (χ4n) is 1.15. The Labute approximate surface area is 95.5 Å². The average molecular weight is 222 g/mol. The number of carbonyl (C=O) groups is 1. The molecule has 0 aliphatic carbocycles. The molecule has 87 valence electrons. The number of amides is 1. The Bertz CT molecular complexity index is 350. The Morgan fingerprint density at radius 2 is 2.31 bits per heavy atom. The largest absolute Gasteiger partial charge is 0.493 e. The first-order valence-corrected chi connectivity index (χ1v) is 5.08. The molecule has 0 saturated heterocycles. The van der Waals surface area contributed by atoms with Crippen LogP contribution < -0.4 is 4.74 Å². The summed E-state index contributed by atoms with van der Waals surface area (Å²) in [5.41, 5.74) is 0.677. The molecule has 1 aromatic rings. The van der Waals surface area contributed by atoms with Crippen molar-refractivity contribution in [2.45, 2.75) is 13.0 Å². The third-order valence-electron chi connectivity index (χ3n) is 2.09. The zero-order valence-electron chi connectivity index (χ0n) is 9.56. The number of benzene rings is 1. The van der Waals surface area contributed by atoms with Gasteiger partial charge in [-0.25, -0.2) is 0 Å². The lowest BCUT2D eigenvalue weighted by molar-refractivity contribution is -0.129. The van der Waals surface area contributed by atoms with Crippen molar-refractivity contribution in [3.05, 3.63) is 29.8 Å². The topological polar surface area (TPSA) is 49.8 Å². The summed E-state index contributed by atoms with van der Waals surface area (Å²) >= 11 is 0. The lowest BCUT2D eigenvalue weighted by Gasteiger charge is -2.11. The van der Waals surface area contributed by atoms with Gasteiger partial charge >= 0.3 is 0 Å². The SMILES string of the molecule is CN(C)C(=O)CCOc1cc[c]c(CO)c1. The smallest absolute Gasteiger partial charge is 0.225 e. The van der Waals surface area contributed by atoms with Gasteiger partial charge in [-0.05, 0) is 23.8 Å². The van der Waals surface area contributed by atoms with Crippen molar-refractivity contribution in [3.63, 3.8) is 0 Å². The van der Waals surface area contributed by atoms with E-state index in [9.17, 15) is 4.79 Å². The summed E-state index contributed by atoms with van der Waals surface area (Å²) in [6, 6.07) is 8.02. The van der Waals surface area contributed by atoms with Crippen molar-refractivity contribution >= 4 is 5.91 Å². The number of hydrogen-bond donors (Lipinski definition) is 1. The molecule has 4 nitrogen and oxygen atoms in total. The quantitative estimate of drug-likeness (QED) is 0.803. The van der Waals surface area contributed by atoms with Gasteiger partial charge in [-0.2, -0.15) is 0 Å². The van der Waals surface area contributed by atoms with E-state index in [0.29, 0.717) is 24.3 Å². The number of carbonyl (C=O) groups excluding carboxylic acids is 1. The van der Waals surface area contributed by atoms with Gasteiger partial charge in [0.15, 0.2) is 0 Å². The van der Waals surface area contributed by atoms with E-state index in [1.54, 1.807) is 32.3 Å². The van der Waals surface area contributed by atoms with Crippen molar-refractivity contribution in [1.29, 1.82) is 0 Å². The van der Waals surface area contributed by atoms with E-state index in [-0.39, 0.29) is 12.5 Å². The van der Waals surface area contributed by atoms with E-state index < -0.39 is 0 Å². The highest BCUT2D eigenvalue weighted by molar-refractivity contribution is 5.75. The van der Waals surface area contributed by atoms with E-state index >= 15 is 0 Å². The second-order valence-electron chi connectivity index (χ2n) is 3.59. The molecule has 1 N–H and O–H groups in total. The summed E-state index contributed by atoms with van der Waals surface area (Å²) in [4.78, 5) is 12.8. The molecule has 0 aromatic heterocycles. The lowest BCUT2D eigenvalue weighted by atomic mass is 10.2. The molecule has 1 radical (unpaired) electrons. The average Bonchev–Trinajstić information content (AvgIpc) is 2.29. The first-order valence-electron chi connectivity index (χ1n) is 5.08. The maximum Gasteiger partial charge on any atom is 0.225 e. The summed E-state index contributed by atoms with van der Waals surface area (Å²) in [6.45, 7) is 0.278. The highest BCUT2D eigenvalue weighted by Crippen LogP contribution is 2.12. The van der Waals surface area contributed by atoms with Crippen LogP contribution in [0.4, 0.5) is 0 Å². The maximum absolute atomic E-state index is 11.3. The molecule has 4 heteroatoms. The monoisotopic (exact) mass is 222 g/mol. The minimum Gasteiger partial charge on any atom is -0.493 e. The first-order chi connectivity index (χ1) is 7.63.